The molecular weight excluding hydrogens is 246 g/mol. The molecule has 0 fully saturated rings. The fourth-order valence-corrected chi connectivity index (χ4v) is 2.53. The predicted molar refractivity (Wildman–Crippen MR) is 83.9 cm³/mol. The van der Waals surface area contributed by atoms with Crippen molar-refractivity contribution >= 4 is 0 Å². The standard InChI is InChI=1S/C17H25N3/c1-5-11-18-17(16-12-13(3)19-20(16)4)15-9-7-14(6-2)8-10-15/h7-10,12,17-18H,5-6,11H2,1-4H3. The number of benzene rings is 1. The van der Waals surface area contributed by atoms with Gasteiger partial charge in [-0.1, -0.05) is 38.1 Å². The van der Waals surface area contributed by atoms with E-state index in [0.717, 1.165) is 25.1 Å². The first kappa shape index (κ1) is 14.8. The van der Waals surface area contributed by atoms with Crippen LogP contribution >= 0.6 is 0 Å². The molecule has 2 rings (SSSR count). The number of hydrogen-bond acceptors (Lipinski definition) is 2. The van der Waals surface area contributed by atoms with Crippen LogP contribution in [-0.2, 0) is 13.5 Å². The lowest BCUT2D eigenvalue weighted by Crippen LogP contribution is -2.25. The Bertz CT molecular complexity index is 540. The number of nitrogens with one attached hydrogen (secondary N) is 1. The van der Waals surface area contributed by atoms with Crippen LogP contribution in [0.3, 0.4) is 0 Å². The van der Waals surface area contributed by atoms with Crippen molar-refractivity contribution in [3.8, 4) is 0 Å². The normalized spacial score (nSPS) is 12.6. The lowest BCUT2D eigenvalue weighted by molar-refractivity contribution is 0.553. The maximum Gasteiger partial charge on any atom is 0.0748 e. The molecule has 0 aliphatic carbocycles. The molecule has 3 heteroatoms. The summed E-state index contributed by atoms with van der Waals surface area (Å²) in [5.74, 6) is 0. The average Bonchev–Trinajstić information content (AvgIpc) is 2.79. The van der Waals surface area contributed by atoms with Gasteiger partial charge in [-0.3, -0.25) is 4.68 Å². The highest BCUT2D eigenvalue weighted by Crippen LogP contribution is 2.23. The highest BCUT2D eigenvalue weighted by molar-refractivity contribution is 5.31. The lowest BCUT2D eigenvalue weighted by atomic mass is 10.0. The third kappa shape index (κ3) is 3.28. The maximum atomic E-state index is 4.48. The number of aryl methyl sites for hydroxylation is 3. The zero-order chi connectivity index (χ0) is 14.5. The van der Waals surface area contributed by atoms with E-state index in [-0.39, 0.29) is 6.04 Å². The molecule has 1 N–H and O–H groups in total. The largest absolute Gasteiger partial charge is 0.305 e. The Kier molecular flexibility index (Phi) is 4.96. The third-order valence-corrected chi connectivity index (χ3v) is 3.65. The molecule has 0 bridgehead atoms. The van der Waals surface area contributed by atoms with Gasteiger partial charge < -0.3 is 5.32 Å². The SMILES string of the molecule is CCCNC(c1ccc(CC)cc1)c1cc(C)nn1C. The number of rotatable bonds is 6. The Labute approximate surface area is 122 Å². The van der Waals surface area contributed by atoms with Crippen molar-refractivity contribution < 1.29 is 0 Å². The Morgan fingerprint density at radius 2 is 1.90 bits per heavy atom. The highest BCUT2D eigenvalue weighted by Gasteiger charge is 2.17. The van der Waals surface area contributed by atoms with Crippen LogP contribution in [0.1, 0.15) is 48.8 Å². The van der Waals surface area contributed by atoms with E-state index in [9.17, 15) is 0 Å². The number of aromatic nitrogens is 2. The quantitative estimate of drug-likeness (QED) is 0.873. The molecule has 0 aliphatic heterocycles. The van der Waals surface area contributed by atoms with E-state index in [0.29, 0.717) is 0 Å². The van der Waals surface area contributed by atoms with E-state index in [1.54, 1.807) is 0 Å². The molecule has 0 spiro atoms. The van der Waals surface area contributed by atoms with Crippen LogP contribution in [0.15, 0.2) is 30.3 Å². The van der Waals surface area contributed by atoms with E-state index in [1.165, 1.54) is 16.8 Å². The molecule has 1 heterocycles. The third-order valence-electron chi connectivity index (χ3n) is 3.65. The molecule has 20 heavy (non-hydrogen) atoms. The fourth-order valence-electron chi connectivity index (χ4n) is 2.53. The van der Waals surface area contributed by atoms with Gasteiger partial charge in [0.15, 0.2) is 0 Å². The molecule has 108 valence electrons. The fraction of sp³-hybridized carbons (Fsp3) is 0.471. The van der Waals surface area contributed by atoms with Gasteiger partial charge in [0.1, 0.15) is 0 Å². The smallest absolute Gasteiger partial charge is 0.0748 e. The minimum atomic E-state index is 0.215. The Hall–Kier alpha value is -1.61. The second kappa shape index (κ2) is 6.71. The van der Waals surface area contributed by atoms with Crippen LogP contribution in [0.5, 0.6) is 0 Å². The summed E-state index contributed by atoms with van der Waals surface area (Å²) < 4.78 is 1.98. The van der Waals surface area contributed by atoms with Crippen LogP contribution in [0.2, 0.25) is 0 Å². The summed E-state index contributed by atoms with van der Waals surface area (Å²) in [7, 11) is 2.02. The van der Waals surface area contributed by atoms with Gasteiger partial charge in [0.05, 0.1) is 17.4 Å². The summed E-state index contributed by atoms with van der Waals surface area (Å²) in [4.78, 5) is 0. The number of nitrogens with zero attached hydrogens (tertiary/aromatic N) is 2. The Balaban J connectivity index is 2.33. The molecule has 3 nitrogen and oxygen atoms in total. The van der Waals surface area contributed by atoms with Crippen molar-refractivity contribution in [2.75, 3.05) is 6.54 Å². The molecule has 1 unspecified atom stereocenters. The monoisotopic (exact) mass is 271 g/mol. The van der Waals surface area contributed by atoms with Gasteiger partial charge in [-0.2, -0.15) is 5.10 Å². The van der Waals surface area contributed by atoms with Crippen molar-refractivity contribution in [1.82, 2.24) is 15.1 Å². The van der Waals surface area contributed by atoms with Crippen LogP contribution in [0.4, 0.5) is 0 Å². The minimum absolute atomic E-state index is 0.215. The van der Waals surface area contributed by atoms with E-state index < -0.39 is 0 Å². The molecular formula is C17H25N3. The van der Waals surface area contributed by atoms with Crippen molar-refractivity contribution in [3.05, 3.63) is 52.8 Å². The van der Waals surface area contributed by atoms with E-state index in [4.69, 9.17) is 0 Å². The Morgan fingerprint density at radius 1 is 1.20 bits per heavy atom. The van der Waals surface area contributed by atoms with Crippen molar-refractivity contribution in [2.24, 2.45) is 7.05 Å². The van der Waals surface area contributed by atoms with Gasteiger partial charge in [-0.15, -0.1) is 0 Å². The first-order chi connectivity index (χ1) is 9.65. The molecule has 1 atom stereocenters. The summed E-state index contributed by atoms with van der Waals surface area (Å²) in [6.07, 6.45) is 2.21. The zero-order valence-corrected chi connectivity index (χ0v) is 13.0. The van der Waals surface area contributed by atoms with E-state index >= 15 is 0 Å². The lowest BCUT2D eigenvalue weighted by Gasteiger charge is -2.19. The van der Waals surface area contributed by atoms with Gasteiger partial charge in [0, 0.05) is 7.05 Å². The first-order valence-electron chi connectivity index (χ1n) is 7.48. The highest BCUT2D eigenvalue weighted by atomic mass is 15.3. The average molecular weight is 271 g/mol. The molecule has 2 aromatic rings. The summed E-state index contributed by atoms with van der Waals surface area (Å²) in [6.45, 7) is 7.43. The van der Waals surface area contributed by atoms with E-state index in [1.807, 2.05) is 18.7 Å². The summed E-state index contributed by atoms with van der Waals surface area (Å²) in [5, 5.41) is 8.11. The molecule has 0 saturated carbocycles. The van der Waals surface area contributed by atoms with Gasteiger partial charge in [0.25, 0.3) is 0 Å². The summed E-state index contributed by atoms with van der Waals surface area (Å²) in [6, 6.07) is 11.3. The van der Waals surface area contributed by atoms with E-state index in [2.05, 4.69) is 54.6 Å². The van der Waals surface area contributed by atoms with Crippen molar-refractivity contribution in [2.45, 2.75) is 39.7 Å². The summed E-state index contributed by atoms with van der Waals surface area (Å²) >= 11 is 0. The molecule has 0 radical (unpaired) electrons. The maximum absolute atomic E-state index is 4.48. The zero-order valence-electron chi connectivity index (χ0n) is 13.0. The number of hydrogen-bond donors (Lipinski definition) is 1. The second-order valence-corrected chi connectivity index (χ2v) is 5.32. The predicted octanol–water partition coefficient (Wildman–Crippen LogP) is 3.38. The van der Waals surface area contributed by atoms with Gasteiger partial charge in [0.2, 0.25) is 0 Å². The molecule has 0 amide bonds. The van der Waals surface area contributed by atoms with Crippen LogP contribution < -0.4 is 5.32 Å². The topological polar surface area (TPSA) is 29.9 Å². The van der Waals surface area contributed by atoms with Gasteiger partial charge in [-0.05, 0) is 43.5 Å². The molecule has 0 aliphatic rings. The second-order valence-electron chi connectivity index (χ2n) is 5.32. The van der Waals surface area contributed by atoms with Gasteiger partial charge >= 0.3 is 0 Å². The van der Waals surface area contributed by atoms with Gasteiger partial charge in [-0.25, -0.2) is 0 Å². The molecule has 0 saturated heterocycles. The minimum Gasteiger partial charge on any atom is -0.305 e. The van der Waals surface area contributed by atoms with Crippen LogP contribution in [-0.4, -0.2) is 16.3 Å². The van der Waals surface area contributed by atoms with Crippen molar-refractivity contribution in [1.29, 1.82) is 0 Å². The van der Waals surface area contributed by atoms with Crippen LogP contribution in [0, 0.1) is 6.92 Å². The molecule has 1 aromatic carbocycles. The summed E-state index contributed by atoms with van der Waals surface area (Å²) in [5.41, 5.74) is 4.97. The molecule has 1 aromatic heterocycles. The van der Waals surface area contributed by atoms with Crippen LogP contribution in [0.25, 0.3) is 0 Å². The van der Waals surface area contributed by atoms with Crippen molar-refractivity contribution in [3.63, 3.8) is 0 Å². The first-order valence-corrected chi connectivity index (χ1v) is 7.48. The Morgan fingerprint density at radius 3 is 2.40 bits per heavy atom.